The van der Waals surface area contributed by atoms with E-state index in [1.165, 1.54) is 12.5 Å². The van der Waals surface area contributed by atoms with E-state index in [4.69, 9.17) is 4.42 Å². The van der Waals surface area contributed by atoms with E-state index < -0.39 is 17.1 Å². The predicted molar refractivity (Wildman–Crippen MR) is 86.3 cm³/mol. The van der Waals surface area contributed by atoms with Gasteiger partial charge < -0.3 is 9.52 Å². The van der Waals surface area contributed by atoms with Crippen molar-refractivity contribution in [3.8, 4) is 5.88 Å². The van der Waals surface area contributed by atoms with Crippen LogP contribution >= 0.6 is 0 Å². The second-order valence-electron chi connectivity index (χ2n) is 4.99. The molecule has 0 spiro atoms. The molecule has 0 amide bonds. The van der Waals surface area contributed by atoms with Crippen LogP contribution in [-0.4, -0.2) is 25.9 Å². The summed E-state index contributed by atoms with van der Waals surface area (Å²) in [5, 5.41) is 10.2. The first kappa shape index (κ1) is 15.5. The van der Waals surface area contributed by atoms with Gasteiger partial charge in [0.2, 0.25) is 5.88 Å². The number of furan rings is 1. The Bertz CT molecular complexity index is 956. The third-order valence-electron chi connectivity index (χ3n) is 3.32. The van der Waals surface area contributed by atoms with Gasteiger partial charge in [-0.15, -0.1) is 0 Å². The van der Waals surface area contributed by atoms with E-state index in [0.717, 1.165) is 10.1 Å². The van der Waals surface area contributed by atoms with Gasteiger partial charge >= 0.3 is 5.69 Å². The van der Waals surface area contributed by atoms with Crippen LogP contribution in [0.5, 0.6) is 5.88 Å². The van der Waals surface area contributed by atoms with E-state index in [1.54, 1.807) is 30.6 Å². The Morgan fingerprint density at radius 2 is 2.21 bits per heavy atom. The summed E-state index contributed by atoms with van der Waals surface area (Å²) in [5.74, 6) is 0.00721. The third kappa shape index (κ3) is 3.32. The lowest BCUT2D eigenvalue weighted by Crippen LogP contribution is -2.32. The largest absolute Gasteiger partial charge is 0.494 e. The smallest absolute Gasteiger partial charge is 0.331 e. The average Bonchev–Trinajstić information content (AvgIpc) is 3.09. The first-order valence-electron chi connectivity index (χ1n) is 7.12. The van der Waals surface area contributed by atoms with Gasteiger partial charge in [0.1, 0.15) is 11.3 Å². The van der Waals surface area contributed by atoms with Crippen LogP contribution in [0.2, 0.25) is 0 Å². The molecule has 8 heteroatoms. The zero-order valence-electron chi connectivity index (χ0n) is 12.5. The lowest BCUT2D eigenvalue weighted by molar-refractivity contribution is 0.392. The standard InChI is InChI=1S/C16H14N4O4/c21-14-13(9-18-8-11-3-1-5-17-7-11)15(22)20(16(23)19-14)10-12-4-2-6-24-12/h1-7,9,22H,8,10H2,(H,19,21,23). The molecule has 0 unspecified atom stereocenters. The van der Waals surface area contributed by atoms with Gasteiger partial charge in [0.25, 0.3) is 5.56 Å². The van der Waals surface area contributed by atoms with Gasteiger partial charge in [-0.1, -0.05) is 6.07 Å². The molecule has 24 heavy (non-hydrogen) atoms. The summed E-state index contributed by atoms with van der Waals surface area (Å²) in [7, 11) is 0. The third-order valence-corrected chi connectivity index (χ3v) is 3.32. The van der Waals surface area contributed by atoms with Gasteiger partial charge in [0.05, 0.1) is 19.4 Å². The quantitative estimate of drug-likeness (QED) is 0.676. The molecule has 0 aromatic carbocycles. The summed E-state index contributed by atoms with van der Waals surface area (Å²) in [6.45, 7) is 0.294. The minimum atomic E-state index is -0.724. The molecule has 8 nitrogen and oxygen atoms in total. The fraction of sp³-hybridized carbons (Fsp3) is 0.125. The first-order valence-corrected chi connectivity index (χ1v) is 7.12. The molecule has 0 radical (unpaired) electrons. The van der Waals surface area contributed by atoms with Crippen molar-refractivity contribution >= 4 is 6.21 Å². The van der Waals surface area contributed by atoms with Crippen LogP contribution in [0.25, 0.3) is 0 Å². The van der Waals surface area contributed by atoms with Crippen LogP contribution in [-0.2, 0) is 13.1 Å². The summed E-state index contributed by atoms with van der Waals surface area (Å²) in [5.41, 5.74) is -0.667. The zero-order chi connectivity index (χ0) is 16.9. The van der Waals surface area contributed by atoms with Crippen LogP contribution < -0.4 is 11.2 Å². The Kier molecular flexibility index (Phi) is 4.37. The zero-order valence-corrected chi connectivity index (χ0v) is 12.5. The first-order chi connectivity index (χ1) is 11.6. The van der Waals surface area contributed by atoms with E-state index in [-0.39, 0.29) is 12.1 Å². The molecule has 3 heterocycles. The molecule has 0 saturated heterocycles. The van der Waals surface area contributed by atoms with Gasteiger partial charge in [-0.05, 0) is 23.8 Å². The number of hydrogen-bond acceptors (Lipinski definition) is 6. The number of rotatable bonds is 5. The van der Waals surface area contributed by atoms with Gasteiger partial charge in [0.15, 0.2) is 0 Å². The Hall–Kier alpha value is -3.42. The number of aromatic nitrogens is 3. The van der Waals surface area contributed by atoms with Crippen molar-refractivity contribution in [2.75, 3.05) is 0 Å². The topological polar surface area (TPSA) is 113 Å². The van der Waals surface area contributed by atoms with Crippen LogP contribution in [0.4, 0.5) is 0 Å². The molecule has 3 aromatic rings. The SMILES string of the molecule is O=c1[nH]c(=O)n(Cc2ccco2)c(O)c1C=NCc1cccnc1. The van der Waals surface area contributed by atoms with Crippen LogP contribution in [0.15, 0.2) is 61.9 Å². The maximum absolute atomic E-state index is 11.9. The highest BCUT2D eigenvalue weighted by Crippen LogP contribution is 2.11. The molecule has 0 aliphatic carbocycles. The molecule has 0 saturated carbocycles. The van der Waals surface area contributed by atoms with Crippen molar-refractivity contribution in [1.29, 1.82) is 0 Å². The summed E-state index contributed by atoms with van der Waals surface area (Å²) in [4.78, 5) is 34.0. The van der Waals surface area contributed by atoms with Gasteiger partial charge in [0, 0.05) is 18.6 Å². The number of aliphatic imine (C=N–C) groups is 1. The highest BCUT2D eigenvalue weighted by molar-refractivity contribution is 5.81. The number of pyridine rings is 1. The molecule has 0 atom stereocenters. The fourth-order valence-corrected chi connectivity index (χ4v) is 2.13. The summed E-state index contributed by atoms with van der Waals surface area (Å²) >= 11 is 0. The molecule has 0 bridgehead atoms. The molecule has 0 fully saturated rings. The van der Waals surface area contributed by atoms with Gasteiger partial charge in [-0.3, -0.25) is 24.3 Å². The Morgan fingerprint density at radius 1 is 1.33 bits per heavy atom. The number of nitrogens with zero attached hydrogens (tertiary/aromatic N) is 3. The molecule has 0 aliphatic heterocycles. The van der Waals surface area contributed by atoms with E-state index >= 15 is 0 Å². The minimum Gasteiger partial charge on any atom is -0.494 e. The average molecular weight is 326 g/mol. The van der Waals surface area contributed by atoms with Crippen LogP contribution in [0.3, 0.4) is 0 Å². The van der Waals surface area contributed by atoms with Crippen LogP contribution in [0.1, 0.15) is 16.9 Å². The predicted octanol–water partition coefficient (Wildman–Crippen LogP) is 0.898. The molecular formula is C16H14N4O4. The lowest BCUT2D eigenvalue weighted by atomic mass is 10.3. The summed E-state index contributed by atoms with van der Waals surface area (Å²) < 4.78 is 6.16. The minimum absolute atomic E-state index is 0.00209. The monoisotopic (exact) mass is 326 g/mol. The number of H-pyrrole nitrogens is 1. The van der Waals surface area contributed by atoms with Crippen molar-refractivity contribution in [3.05, 3.63) is 80.6 Å². The summed E-state index contributed by atoms with van der Waals surface area (Å²) in [6.07, 6.45) is 5.99. The number of aromatic hydroxyl groups is 1. The summed E-state index contributed by atoms with van der Waals surface area (Å²) in [6, 6.07) is 6.94. The maximum atomic E-state index is 11.9. The number of aromatic amines is 1. The van der Waals surface area contributed by atoms with Crippen molar-refractivity contribution in [1.82, 2.24) is 14.5 Å². The van der Waals surface area contributed by atoms with E-state index in [0.29, 0.717) is 12.3 Å². The van der Waals surface area contributed by atoms with Crippen molar-refractivity contribution in [3.63, 3.8) is 0 Å². The Labute approximate surface area is 135 Å². The molecule has 122 valence electrons. The van der Waals surface area contributed by atoms with E-state index in [1.807, 2.05) is 6.07 Å². The van der Waals surface area contributed by atoms with E-state index in [2.05, 4.69) is 15.0 Å². The second-order valence-corrected chi connectivity index (χ2v) is 4.99. The normalized spacial score (nSPS) is 11.2. The lowest BCUT2D eigenvalue weighted by Gasteiger charge is -2.07. The number of hydrogen-bond donors (Lipinski definition) is 2. The fourth-order valence-electron chi connectivity index (χ4n) is 2.13. The van der Waals surface area contributed by atoms with Crippen LogP contribution in [0, 0.1) is 0 Å². The van der Waals surface area contributed by atoms with Gasteiger partial charge in [-0.25, -0.2) is 4.79 Å². The van der Waals surface area contributed by atoms with Gasteiger partial charge in [-0.2, -0.15) is 0 Å². The highest BCUT2D eigenvalue weighted by atomic mass is 16.3. The Morgan fingerprint density at radius 3 is 2.92 bits per heavy atom. The molecule has 0 aliphatic rings. The Balaban J connectivity index is 1.90. The second kappa shape index (κ2) is 6.78. The van der Waals surface area contributed by atoms with Crippen molar-refractivity contribution in [2.45, 2.75) is 13.1 Å². The molecule has 2 N–H and O–H groups in total. The molecule has 3 aromatic heterocycles. The highest BCUT2D eigenvalue weighted by Gasteiger charge is 2.13. The van der Waals surface area contributed by atoms with E-state index in [9.17, 15) is 14.7 Å². The van der Waals surface area contributed by atoms with Crippen molar-refractivity contribution in [2.24, 2.45) is 4.99 Å². The molecule has 3 rings (SSSR count). The number of nitrogens with one attached hydrogen (secondary N) is 1. The maximum Gasteiger partial charge on any atom is 0.331 e. The van der Waals surface area contributed by atoms with Crippen molar-refractivity contribution < 1.29 is 9.52 Å². The molecular weight excluding hydrogens is 312 g/mol.